The summed E-state index contributed by atoms with van der Waals surface area (Å²) in [5.41, 5.74) is -0.403. The lowest BCUT2D eigenvalue weighted by atomic mass is 10.1. The molecule has 9 heteroatoms. The number of benzene rings is 1. The molecular weight excluding hydrogens is 286 g/mol. The number of nitrogens with zero attached hydrogens (tertiary/aromatic N) is 4. The van der Waals surface area contributed by atoms with Gasteiger partial charge in [-0.25, -0.2) is 4.98 Å². The molecule has 0 aliphatic rings. The van der Waals surface area contributed by atoms with E-state index in [2.05, 4.69) is 15.4 Å². The van der Waals surface area contributed by atoms with E-state index in [1.807, 2.05) is 0 Å². The predicted octanol–water partition coefficient (Wildman–Crippen LogP) is 1.31. The number of halogens is 1. The van der Waals surface area contributed by atoms with E-state index >= 15 is 0 Å². The summed E-state index contributed by atoms with van der Waals surface area (Å²) in [7, 11) is 1.69. The van der Waals surface area contributed by atoms with Crippen molar-refractivity contribution in [1.82, 2.24) is 20.1 Å². The first kappa shape index (κ1) is 13.9. The third-order valence-electron chi connectivity index (χ3n) is 2.45. The van der Waals surface area contributed by atoms with E-state index in [0.29, 0.717) is 5.82 Å². The molecule has 0 radical (unpaired) electrons. The van der Waals surface area contributed by atoms with Gasteiger partial charge in [-0.05, 0) is 12.1 Å². The van der Waals surface area contributed by atoms with Crippen LogP contribution in [-0.2, 0) is 13.6 Å². The van der Waals surface area contributed by atoms with Gasteiger partial charge in [-0.3, -0.25) is 19.6 Å². The molecule has 1 amide bonds. The van der Waals surface area contributed by atoms with Crippen molar-refractivity contribution >= 4 is 23.2 Å². The van der Waals surface area contributed by atoms with Gasteiger partial charge < -0.3 is 5.32 Å². The standard InChI is InChI=1S/C11H10ClN5O3/c1-16-6-14-10(15-16)5-13-11(18)8-4-7(12)2-3-9(8)17(19)20/h2-4,6H,5H2,1H3,(H,13,18). The molecule has 0 saturated carbocycles. The molecule has 0 saturated heterocycles. The SMILES string of the molecule is Cn1cnc(CNC(=O)c2cc(Cl)ccc2[N+](=O)[O-])n1. The Morgan fingerprint density at radius 3 is 2.90 bits per heavy atom. The molecule has 1 aromatic heterocycles. The van der Waals surface area contributed by atoms with Gasteiger partial charge in [0.25, 0.3) is 11.6 Å². The zero-order chi connectivity index (χ0) is 14.7. The molecule has 0 aliphatic carbocycles. The number of nitro benzene ring substituents is 1. The molecule has 0 aliphatic heterocycles. The number of aromatic nitrogens is 3. The summed E-state index contributed by atoms with van der Waals surface area (Å²) < 4.78 is 1.49. The average molecular weight is 296 g/mol. The van der Waals surface area contributed by atoms with Crippen molar-refractivity contribution in [3.05, 3.63) is 51.1 Å². The lowest BCUT2D eigenvalue weighted by molar-refractivity contribution is -0.385. The van der Waals surface area contributed by atoms with Crippen LogP contribution in [0.15, 0.2) is 24.5 Å². The van der Waals surface area contributed by atoms with Crippen LogP contribution in [0.3, 0.4) is 0 Å². The minimum absolute atomic E-state index is 0.0728. The quantitative estimate of drug-likeness (QED) is 0.676. The van der Waals surface area contributed by atoms with E-state index in [-0.39, 0.29) is 22.8 Å². The third kappa shape index (κ3) is 3.09. The molecule has 8 nitrogen and oxygen atoms in total. The second-order valence-electron chi connectivity index (χ2n) is 3.94. The summed E-state index contributed by atoms with van der Waals surface area (Å²) in [6.45, 7) is 0.0728. The summed E-state index contributed by atoms with van der Waals surface area (Å²) in [5.74, 6) is -0.197. The van der Waals surface area contributed by atoms with Gasteiger partial charge in [-0.15, -0.1) is 0 Å². The minimum atomic E-state index is -0.635. The van der Waals surface area contributed by atoms with Crippen LogP contribution in [0.5, 0.6) is 0 Å². The van der Waals surface area contributed by atoms with Crippen LogP contribution in [0, 0.1) is 10.1 Å². The molecule has 0 atom stereocenters. The van der Waals surface area contributed by atoms with Crippen LogP contribution in [-0.4, -0.2) is 25.6 Å². The number of amides is 1. The van der Waals surface area contributed by atoms with Gasteiger partial charge in [-0.1, -0.05) is 11.6 Å². The zero-order valence-electron chi connectivity index (χ0n) is 10.4. The van der Waals surface area contributed by atoms with Gasteiger partial charge in [0, 0.05) is 18.1 Å². The summed E-state index contributed by atoms with van der Waals surface area (Å²) >= 11 is 5.76. The van der Waals surface area contributed by atoms with Crippen LogP contribution in [0.1, 0.15) is 16.2 Å². The van der Waals surface area contributed by atoms with Crippen molar-refractivity contribution in [1.29, 1.82) is 0 Å². The van der Waals surface area contributed by atoms with Crippen molar-refractivity contribution in [2.24, 2.45) is 7.05 Å². The first-order chi connectivity index (χ1) is 9.47. The highest BCUT2D eigenvalue weighted by Gasteiger charge is 2.20. The smallest absolute Gasteiger partial charge is 0.282 e. The lowest BCUT2D eigenvalue weighted by Gasteiger charge is -2.04. The van der Waals surface area contributed by atoms with Crippen LogP contribution in [0.4, 0.5) is 5.69 Å². The zero-order valence-corrected chi connectivity index (χ0v) is 11.2. The second kappa shape index (κ2) is 5.66. The average Bonchev–Trinajstić information content (AvgIpc) is 2.81. The third-order valence-corrected chi connectivity index (χ3v) is 2.69. The van der Waals surface area contributed by atoms with Gasteiger partial charge >= 0.3 is 0 Å². The van der Waals surface area contributed by atoms with E-state index in [9.17, 15) is 14.9 Å². The molecule has 20 heavy (non-hydrogen) atoms. The largest absolute Gasteiger partial charge is 0.344 e. The number of rotatable bonds is 4. The normalized spacial score (nSPS) is 10.3. The maximum atomic E-state index is 12.0. The highest BCUT2D eigenvalue weighted by Crippen LogP contribution is 2.22. The summed E-state index contributed by atoms with van der Waals surface area (Å²) in [6.07, 6.45) is 1.49. The molecule has 1 aromatic carbocycles. The van der Waals surface area contributed by atoms with Crippen molar-refractivity contribution in [3.63, 3.8) is 0 Å². The highest BCUT2D eigenvalue weighted by atomic mass is 35.5. The van der Waals surface area contributed by atoms with Gasteiger partial charge in [-0.2, -0.15) is 5.10 Å². The molecule has 0 fully saturated rings. The number of carbonyl (C=O) groups excluding carboxylic acids is 1. The molecule has 0 unspecified atom stereocenters. The van der Waals surface area contributed by atoms with Crippen molar-refractivity contribution < 1.29 is 9.72 Å². The van der Waals surface area contributed by atoms with E-state index < -0.39 is 10.8 Å². The summed E-state index contributed by atoms with van der Waals surface area (Å²) in [6, 6.07) is 3.80. The van der Waals surface area contributed by atoms with Crippen LogP contribution in [0.25, 0.3) is 0 Å². The molecule has 0 spiro atoms. The monoisotopic (exact) mass is 295 g/mol. The fraction of sp³-hybridized carbons (Fsp3) is 0.182. The maximum absolute atomic E-state index is 12.0. The molecular formula is C11H10ClN5O3. The van der Waals surface area contributed by atoms with Gasteiger partial charge in [0.1, 0.15) is 11.9 Å². The number of nitrogens with one attached hydrogen (secondary N) is 1. The number of carbonyl (C=O) groups is 1. The Kier molecular flexibility index (Phi) is 3.94. The Hall–Kier alpha value is -2.48. The molecule has 2 aromatic rings. The fourth-order valence-corrected chi connectivity index (χ4v) is 1.74. The van der Waals surface area contributed by atoms with Crippen LogP contribution in [0.2, 0.25) is 5.02 Å². The van der Waals surface area contributed by atoms with E-state index in [4.69, 9.17) is 11.6 Å². The summed E-state index contributed by atoms with van der Waals surface area (Å²) in [5, 5.41) is 17.6. The van der Waals surface area contributed by atoms with Crippen molar-refractivity contribution in [3.8, 4) is 0 Å². The second-order valence-corrected chi connectivity index (χ2v) is 4.37. The molecule has 104 valence electrons. The van der Waals surface area contributed by atoms with Gasteiger partial charge in [0.05, 0.1) is 11.5 Å². The van der Waals surface area contributed by atoms with Gasteiger partial charge in [0.15, 0.2) is 5.82 Å². The maximum Gasteiger partial charge on any atom is 0.282 e. The first-order valence-corrected chi connectivity index (χ1v) is 5.92. The number of hydrogen-bond donors (Lipinski definition) is 1. The fourth-order valence-electron chi connectivity index (χ4n) is 1.57. The topological polar surface area (TPSA) is 103 Å². The number of hydrogen-bond acceptors (Lipinski definition) is 5. The highest BCUT2D eigenvalue weighted by molar-refractivity contribution is 6.31. The Morgan fingerprint density at radius 2 is 2.30 bits per heavy atom. The Morgan fingerprint density at radius 1 is 1.55 bits per heavy atom. The Bertz CT molecular complexity index is 670. The Labute approximate surface area is 118 Å². The van der Waals surface area contributed by atoms with Crippen LogP contribution >= 0.6 is 11.6 Å². The lowest BCUT2D eigenvalue weighted by Crippen LogP contribution is -2.24. The molecule has 1 heterocycles. The first-order valence-electron chi connectivity index (χ1n) is 5.54. The molecule has 1 N–H and O–H groups in total. The Balaban J connectivity index is 2.16. The van der Waals surface area contributed by atoms with Gasteiger partial charge in [0.2, 0.25) is 0 Å². The van der Waals surface area contributed by atoms with E-state index in [1.54, 1.807) is 7.05 Å². The van der Waals surface area contributed by atoms with E-state index in [0.717, 1.165) is 0 Å². The molecule has 2 rings (SSSR count). The van der Waals surface area contributed by atoms with E-state index in [1.165, 1.54) is 29.2 Å². The minimum Gasteiger partial charge on any atom is -0.344 e. The van der Waals surface area contributed by atoms with Crippen LogP contribution < -0.4 is 5.32 Å². The molecule has 0 bridgehead atoms. The number of aryl methyl sites for hydroxylation is 1. The van der Waals surface area contributed by atoms with Crippen molar-refractivity contribution in [2.45, 2.75) is 6.54 Å². The van der Waals surface area contributed by atoms with Crippen molar-refractivity contribution in [2.75, 3.05) is 0 Å². The summed E-state index contributed by atoms with van der Waals surface area (Å²) in [4.78, 5) is 26.1. The number of nitro groups is 1. The predicted molar refractivity (Wildman–Crippen MR) is 70.3 cm³/mol.